The van der Waals surface area contributed by atoms with E-state index in [0.29, 0.717) is 19.5 Å². The minimum absolute atomic E-state index is 0.0310. The monoisotopic (exact) mass is 426 g/mol. The molecule has 0 radical (unpaired) electrons. The van der Waals surface area contributed by atoms with Crippen molar-refractivity contribution in [1.29, 1.82) is 0 Å². The summed E-state index contributed by atoms with van der Waals surface area (Å²) in [6.07, 6.45) is 4.37. The van der Waals surface area contributed by atoms with Crippen LogP contribution in [0.4, 0.5) is 5.13 Å². The van der Waals surface area contributed by atoms with Crippen LogP contribution in [0.25, 0.3) is 10.3 Å². The molecule has 8 heteroatoms. The highest BCUT2D eigenvalue weighted by Gasteiger charge is 2.27. The lowest BCUT2D eigenvalue weighted by atomic mass is 9.97. The fourth-order valence-electron chi connectivity index (χ4n) is 3.78. The van der Waals surface area contributed by atoms with Gasteiger partial charge in [-0.3, -0.25) is 4.79 Å². The lowest BCUT2D eigenvalue weighted by Gasteiger charge is -2.31. The largest absolute Gasteiger partial charge is 0.497 e. The van der Waals surface area contributed by atoms with Crippen LogP contribution in [-0.4, -0.2) is 49.7 Å². The van der Waals surface area contributed by atoms with Gasteiger partial charge in [-0.2, -0.15) is 0 Å². The third-order valence-electron chi connectivity index (χ3n) is 5.41. The molecule has 1 atom stereocenters. The molecule has 1 saturated heterocycles. The molecule has 3 aromatic rings. The third-order valence-corrected chi connectivity index (χ3v) is 6.45. The van der Waals surface area contributed by atoms with Crippen molar-refractivity contribution in [2.45, 2.75) is 19.3 Å². The molecule has 0 unspecified atom stereocenters. The van der Waals surface area contributed by atoms with Crippen molar-refractivity contribution in [2.24, 2.45) is 5.92 Å². The Kier molecular flexibility index (Phi) is 6.32. The number of piperidine rings is 1. The summed E-state index contributed by atoms with van der Waals surface area (Å²) in [7, 11) is 3.28. The van der Waals surface area contributed by atoms with Crippen molar-refractivity contribution in [2.75, 3.05) is 38.8 Å². The molecule has 1 amide bonds. The van der Waals surface area contributed by atoms with Crippen LogP contribution in [0, 0.1) is 5.92 Å². The maximum Gasteiger partial charge on any atom is 0.224 e. The van der Waals surface area contributed by atoms with Gasteiger partial charge in [0.05, 0.1) is 20.1 Å². The van der Waals surface area contributed by atoms with E-state index in [9.17, 15) is 4.79 Å². The molecule has 1 N–H and O–H groups in total. The molecule has 4 rings (SSSR count). The first kappa shape index (κ1) is 20.4. The Morgan fingerprint density at radius 3 is 3.00 bits per heavy atom. The van der Waals surface area contributed by atoms with Crippen LogP contribution < -0.4 is 19.7 Å². The Morgan fingerprint density at radius 1 is 1.30 bits per heavy atom. The molecule has 7 nitrogen and oxygen atoms in total. The normalized spacial score (nSPS) is 16.5. The first-order valence-electron chi connectivity index (χ1n) is 10.1. The van der Waals surface area contributed by atoms with Crippen LogP contribution in [0.2, 0.25) is 0 Å². The van der Waals surface area contributed by atoms with E-state index in [-0.39, 0.29) is 11.8 Å². The van der Waals surface area contributed by atoms with Crippen molar-refractivity contribution in [3.8, 4) is 11.5 Å². The molecule has 1 aromatic carbocycles. The Hall–Kier alpha value is -2.87. The van der Waals surface area contributed by atoms with Crippen LogP contribution in [0.5, 0.6) is 11.5 Å². The molecule has 1 fully saturated rings. The summed E-state index contributed by atoms with van der Waals surface area (Å²) >= 11 is 1.59. The van der Waals surface area contributed by atoms with E-state index in [1.165, 1.54) is 0 Å². The molecule has 3 heterocycles. The van der Waals surface area contributed by atoms with Gasteiger partial charge in [-0.05, 0) is 43.0 Å². The van der Waals surface area contributed by atoms with Crippen LogP contribution in [0.1, 0.15) is 18.4 Å². The maximum absolute atomic E-state index is 12.8. The van der Waals surface area contributed by atoms with Gasteiger partial charge in [-0.15, -0.1) is 0 Å². The topological polar surface area (TPSA) is 76.6 Å². The molecule has 0 bridgehead atoms. The van der Waals surface area contributed by atoms with Crippen molar-refractivity contribution in [1.82, 2.24) is 15.3 Å². The van der Waals surface area contributed by atoms with Gasteiger partial charge in [0.15, 0.2) is 5.13 Å². The van der Waals surface area contributed by atoms with E-state index >= 15 is 0 Å². The zero-order valence-electron chi connectivity index (χ0n) is 17.3. The van der Waals surface area contributed by atoms with Crippen molar-refractivity contribution in [3.63, 3.8) is 0 Å². The number of carbonyl (C=O) groups excluding carboxylic acids is 1. The number of pyridine rings is 1. The van der Waals surface area contributed by atoms with Gasteiger partial charge in [0.2, 0.25) is 5.91 Å². The second kappa shape index (κ2) is 9.30. The zero-order valence-corrected chi connectivity index (χ0v) is 18.1. The van der Waals surface area contributed by atoms with Gasteiger partial charge < -0.3 is 19.7 Å². The number of nitrogens with one attached hydrogen (secondary N) is 1. The van der Waals surface area contributed by atoms with Crippen molar-refractivity contribution < 1.29 is 14.3 Å². The van der Waals surface area contributed by atoms with E-state index in [0.717, 1.165) is 51.9 Å². The Labute approximate surface area is 180 Å². The van der Waals surface area contributed by atoms with E-state index < -0.39 is 0 Å². The second-order valence-corrected chi connectivity index (χ2v) is 8.28. The van der Waals surface area contributed by atoms with Crippen LogP contribution in [-0.2, 0) is 11.2 Å². The van der Waals surface area contributed by atoms with Crippen LogP contribution >= 0.6 is 11.3 Å². The Balaban J connectivity index is 1.33. The number of hydrogen-bond donors (Lipinski definition) is 1. The molecular formula is C22H26N4O3S. The van der Waals surface area contributed by atoms with E-state index in [1.807, 2.05) is 30.3 Å². The number of fused-ring (bicyclic) bond motifs is 1. The summed E-state index contributed by atoms with van der Waals surface area (Å²) in [6.45, 7) is 2.19. The number of anilines is 1. The molecule has 30 heavy (non-hydrogen) atoms. The number of thiazole rings is 1. The SMILES string of the molecule is COc1ccc(CCNC(=O)[C@@H]2CCCN(c3nc4cccnc4s3)C2)c(OC)c1. The van der Waals surface area contributed by atoms with Crippen molar-refractivity contribution in [3.05, 3.63) is 42.1 Å². The standard InChI is InChI=1S/C22H26N4O3S/c1-28-17-8-7-15(19(13-17)29-2)9-11-23-20(27)16-5-4-12-26(14-16)22-25-18-6-3-10-24-21(18)30-22/h3,6-8,10,13,16H,4-5,9,11-12,14H2,1-2H3,(H,23,27)/t16-/m1/s1. The van der Waals surface area contributed by atoms with Crippen LogP contribution in [0.15, 0.2) is 36.5 Å². The highest BCUT2D eigenvalue weighted by molar-refractivity contribution is 7.21. The fraction of sp³-hybridized carbons (Fsp3) is 0.409. The Morgan fingerprint density at radius 2 is 2.20 bits per heavy atom. The number of methoxy groups -OCH3 is 2. The predicted octanol–water partition coefficient (Wildman–Crippen LogP) is 3.28. The van der Waals surface area contributed by atoms with E-state index in [1.54, 1.807) is 31.8 Å². The summed E-state index contributed by atoms with van der Waals surface area (Å²) in [6, 6.07) is 9.63. The van der Waals surface area contributed by atoms with Gasteiger partial charge in [-0.1, -0.05) is 17.4 Å². The van der Waals surface area contributed by atoms with Gasteiger partial charge >= 0.3 is 0 Å². The first-order chi connectivity index (χ1) is 14.7. The summed E-state index contributed by atoms with van der Waals surface area (Å²) in [5.74, 6) is 1.60. The lowest BCUT2D eigenvalue weighted by Crippen LogP contribution is -2.43. The number of nitrogens with zero attached hydrogens (tertiary/aromatic N) is 3. The van der Waals surface area contributed by atoms with E-state index in [4.69, 9.17) is 14.5 Å². The smallest absolute Gasteiger partial charge is 0.224 e. The summed E-state index contributed by atoms with van der Waals surface area (Å²) in [4.78, 5) is 25.0. The number of hydrogen-bond acceptors (Lipinski definition) is 7. The first-order valence-corrected chi connectivity index (χ1v) is 10.9. The number of amides is 1. The minimum atomic E-state index is -0.0310. The fourth-order valence-corrected chi connectivity index (χ4v) is 4.73. The maximum atomic E-state index is 12.8. The number of aromatic nitrogens is 2. The molecular weight excluding hydrogens is 400 g/mol. The minimum Gasteiger partial charge on any atom is -0.497 e. The summed E-state index contributed by atoms with van der Waals surface area (Å²) < 4.78 is 10.7. The highest BCUT2D eigenvalue weighted by Crippen LogP contribution is 2.30. The Bertz CT molecular complexity index is 990. The van der Waals surface area contributed by atoms with E-state index in [2.05, 4.69) is 15.2 Å². The van der Waals surface area contributed by atoms with Gasteiger partial charge in [-0.25, -0.2) is 9.97 Å². The number of ether oxygens (including phenoxy) is 2. The lowest BCUT2D eigenvalue weighted by molar-refractivity contribution is -0.125. The van der Waals surface area contributed by atoms with Crippen LogP contribution in [0.3, 0.4) is 0 Å². The highest BCUT2D eigenvalue weighted by atomic mass is 32.1. The number of benzene rings is 1. The summed E-state index contributed by atoms with van der Waals surface area (Å²) in [5.41, 5.74) is 1.96. The zero-order chi connectivity index (χ0) is 20.9. The van der Waals surface area contributed by atoms with Gasteiger partial charge in [0, 0.05) is 31.9 Å². The van der Waals surface area contributed by atoms with Gasteiger partial charge in [0.25, 0.3) is 0 Å². The molecule has 1 aliphatic heterocycles. The average Bonchev–Trinajstić information content (AvgIpc) is 3.23. The van der Waals surface area contributed by atoms with Gasteiger partial charge in [0.1, 0.15) is 21.8 Å². The molecule has 0 aliphatic carbocycles. The molecule has 158 valence electrons. The molecule has 2 aromatic heterocycles. The number of rotatable bonds is 7. The molecule has 0 saturated carbocycles. The molecule has 1 aliphatic rings. The van der Waals surface area contributed by atoms with Crippen molar-refractivity contribution >= 4 is 32.7 Å². The third kappa shape index (κ3) is 4.48. The summed E-state index contributed by atoms with van der Waals surface area (Å²) in [5, 5.41) is 4.05. The average molecular weight is 427 g/mol. The number of carbonyl (C=O) groups is 1. The quantitative estimate of drug-likeness (QED) is 0.625. The second-order valence-electron chi connectivity index (χ2n) is 7.33. The predicted molar refractivity (Wildman–Crippen MR) is 119 cm³/mol. The molecule has 0 spiro atoms.